The third-order valence-corrected chi connectivity index (χ3v) is 7.92. The third kappa shape index (κ3) is 3.53. The van der Waals surface area contributed by atoms with Gasteiger partial charge >= 0.3 is 0 Å². The van der Waals surface area contributed by atoms with Crippen LogP contribution in [0.25, 0.3) is 94.4 Å². The first-order chi connectivity index (χ1) is 26.5. The van der Waals surface area contributed by atoms with Crippen LogP contribution in [0.5, 0.6) is 0 Å². The average Bonchev–Trinajstić information content (AvgIpc) is 3.91. The molecular formula is C39H22N4O2. The van der Waals surface area contributed by atoms with Crippen molar-refractivity contribution >= 4 is 65.7 Å². The summed E-state index contributed by atoms with van der Waals surface area (Å²) >= 11 is 0. The maximum absolute atomic E-state index is 9.57. The number of nitrogens with zero attached hydrogens (tertiary/aromatic N) is 4. The van der Waals surface area contributed by atoms with Crippen molar-refractivity contribution in [1.82, 2.24) is 19.5 Å². The van der Waals surface area contributed by atoms with E-state index in [9.17, 15) is 2.74 Å². The minimum absolute atomic E-state index is 0.0720. The quantitative estimate of drug-likeness (QED) is 0.205. The first-order valence-electron chi connectivity index (χ1n) is 19.1. The fourth-order valence-corrected chi connectivity index (χ4v) is 5.92. The Labute approximate surface area is 269 Å². The van der Waals surface area contributed by atoms with E-state index >= 15 is 0 Å². The number of hydrogen-bond donors (Lipinski definition) is 0. The summed E-state index contributed by atoms with van der Waals surface area (Å²) in [7, 11) is 0. The summed E-state index contributed by atoms with van der Waals surface area (Å²) in [6, 6.07) is 17.3. The van der Waals surface area contributed by atoms with Crippen LogP contribution in [-0.4, -0.2) is 19.5 Å². The van der Waals surface area contributed by atoms with Crippen LogP contribution >= 0.6 is 0 Å². The van der Waals surface area contributed by atoms with Gasteiger partial charge in [-0.15, -0.1) is 0 Å². The summed E-state index contributed by atoms with van der Waals surface area (Å²) in [6.45, 7) is 0. The molecule has 0 N–H and O–H groups in total. The number of aromatic nitrogens is 4. The summed E-state index contributed by atoms with van der Waals surface area (Å²) in [5.41, 5.74) is 1.58. The van der Waals surface area contributed by atoms with Gasteiger partial charge in [0.2, 0.25) is 5.95 Å². The topological polar surface area (TPSA) is 69.9 Å². The average molecular weight is 589 g/mol. The van der Waals surface area contributed by atoms with E-state index in [-0.39, 0.29) is 73.4 Å². The van der Waals surface area contributed by atoms with Gasteiger partial charge < -0.3 is 8.83 Å². The van der Waals surface area contributed by atoms with Crippen molar-refractivity contribution < 1.29 is 22.5 Å². The van der Waals surface area contributed by atoms with Gasteiger partial charge in [0.15, 0.2) is 11.6 Å². The van der Waals surface area contributed by atoms with E-state index in [1.807, 2.05) is 54.6 Å². The molecule has 0 radical (unpaired) electrons. The van der Waals surface area contributed by atoms with Crippen LogP contribution in [-0.2, 0) is 0 Å². The summed E-state index contributed by atoms with van der Waals surface area (Å²) in [5, 5.41) is 1.32. The molecule has 4 aromatic heterocycles. The van der Waals surface area contributed by atoms with Gasteiger partial charge in [-0.3, -0.25) is 4.57 Å². The molecule has 0 fully saturated rings. The number of rotatable bonds is 3. The Kier molecular flexibility index (Phi) is 3.35. The van der Waals surface area contributed by atoms with Gasteiger partial charge in [-0.05, 0) is 30.3 Å². The zero-order chi connectivity index (χ0) is 38.2. The van der Waals surface area contributed by atoms with Crippen LogP contribution in [0.15, 0.2) is 142 Å². The van der Waals surface area contributed by atoms with Crippen LogP contribution in [0.4, 0.5) is 0 Å². The lowest BCUT2D eigenvalue weighted by Gasteiger charge is -2.11. The molecule has 6 heteroatoms. The lowest BCUT2D eigenvalue weighted by Crippen LogP contribution is -2.06. The highest BCUT2D eigenvalue weighted by Gasteiger charge is 2.21. The smallest absolute Gasteiger partial charge is 0.238 e. The molecule has 0 bridgehead atoms. The first kappa shape index (κ1) is 16.5. The molecule has 0 aliphatic carbocycles. The Bertz CT molecular complexity index is 3340. The third-order valence-electron chi connectivity index (χ3n) is 7.92. The normalized spacial score (nSPS) is 15.1. The molecule has 0 saturated heterocycles. The van der Waals surface area contributed by atoms with Gasteiger partial charge in [0.1, 0.15) is 22.3 Å². The van der Waals surface area contributed by atoms with Crippen molar-refractivity contribution in [2.24, 2.45) is 0 Å². The zero-order valence-corrected chi connectivity index (χ0v) is 23.0. The van der Waals surface area contributed by atoms with Gasteiger partial charge in [0.25, 0.3) is 0 Å². The molecule has 10 rings (SSSR count). The van der Waals surface area contributed by atoms with Crippen LogP contribution in [0, 0.1) is 0 Å². The molecule has 0 atom stereocenters. The van der Waals surface area contributed by atoms with Crippen molar-refractivity contribution in [3.8, 4) is 28.7 Å². The Morgan fingerprint density at radius 2 is 1.29 bits per heavy atom. The molecular weight excluding hydrogens is 556 g/mol. The highest BCUT2D eigenvalue weighted by Crippen LogP contribution is 2.39. The molecule has 0 amide bonds. The zero-order valence-electron chi connectivity index (χ0n) is 33.0. The van der Waals surface area contributed by atoms with E-state index in [0.29, 0.717) is 22.3 Å². The van der Waals surface area contributed by atoms with Crippen molar-refractivity contribution in [2.45, 2.75) is 0 Å². The number of furan rings is 2. The minimum Gasteiger partial charge on any atom is -0.456 e. The molecule has 210 valence electrons. The predicted octanol–water partition coefficient (Wildman–Crippen LogP) is 10.1. The molecule has 0 unspecified atom stereocenters. The molecule has 0 spiro atoms. The second-order valence-corrected chi connectivity index (χ2v) is 10.5. The summed E-state index contributed by atoms with van der Waals surface area (Å²) in [5.74, 6) is 0.237. The lowest BCUT2D eigenvalue weighted by molar-refractivity contribution is 0.669. The van der Waals surface area contributed by atoms with Crippen LogP contribution in [0.2, 0.25) is 0 Å². The van der Waals surface area contributed by atoms with Crippen molar-refractivity contribution in [2.75, 3.05) is 0 Å². The fraction of sp³-hybridized carbons (Fsp3) is 0. The largest absolute Gasteiger partial charge is 0.456 e. The lowest BCUT2D eigenvalue weighted by atomic mass is 10.1. The van der Waals surface area contributed by atoms with Crippen molar-refractivity contribution in [1.29, 1.82) is 0 Å². The van der Waals surface area contributed by atoms with Gasteiger partial charge in [-0.25, -0.2) is 4.98 Å². The highest BCUT2D eigenvalue weighted by atomic mass is 16.3. The molecule has 0 aliphatic heterocycles. The van der Waals surface area contributed by atoms with E-state index in [2.05, 4.69) is 0 Å². The maximum Gasteiger partial charge on any atom is 0.238 e. The van der Waals surface area contributed by atoms with Crippen molar-refractivity contribution in [3.63, 3.8) is 0 Å². The van der Waals surface area contributed by atoms with Gasteiger partial charge in [0.05, 0.1) is 30.3 Å². The number of fused-ring (bicyclic) bond motifs is 9. The van der Waals surface area contributed by atoms with E-state index in [1.54, 1.807) is 18.2 Å². The predicted molar refractivity (Wildman–Crippen MR) is 180 cm³/mol. The van der Waals surface area contributed by atoms with E-state index < -0.39 is 48.3 Å². The van der Waals surface area contributed by atoms with Crippen LogP contribution in [0.1, 0.15) is 13.7 Å². The second-order valence-electron chi connectivity index (χ2n) is 10.5. The number of para-hydroxylation sites is 4. The monoisotopic (exact) mass is 588 g/mol. The number of hydrogen-bond acceptors (Lipinski definition) is 5. The molecule has 0 aliphatic rings. The number of benzene rings is 6. The molecule has 45 heavy (non-hydrogen) atoms. The second kappa shape index (κ2) is 9.11. The van der Waals surface area contributed by atoms with E-state index in [0.717, 1.165) is 10.8 Å². The first-order valence-corrected chi connectivity index (χ1v) is 14.1. The van der Waals surface area contributed by atoms with E-state index in [4.69, 9.17) is 34.8 Å². The summed E-state index contributed by atoms with van der Waals surface area (Å²) in [4.78, 5) is 14.6. The standard InChI is InChI=1S/C39H22N4O2/c1-2-11-23(12-3-1)37-40-38(28-17-10-16-27-25-14-5-9-20-34(25)45-36(27)28)42-39(41-37)43-31-18-7-4-13-24(31)29-21-30-26-15-6-8-19-33(26)44-35(30)22-32(29)43/h1-22H/i4D,6D,7D,8D,13D,15D,18D,19D,21D,22D. The van der Waals surface area contributed by atoms with Crippen LogP contribution in [0.3, 0.4) is 0 Å². The summed E-state index contributed by atoms with van der Waals surface area (Å²) in [6.07, 6.45) is 0. The van der Waals surface area contributed by atoms with Gasteiger partial charge in [0, 0.05) is 43.9 Å². The molecule has 0 saturated carbocycles. The van der Waals surface area contributed by atoms with Gasteiger partial charge in [-0.1, -0.05) is 96.9 Å². The van der Waals surface area contributed by atoms with Crippen molar-refractivity contribution in [3.05, 3.63) is 133 Å². The van der Waals surface area contributed by atoms with Crippen LogP contribution < -0.4 is 0 Å². The Morgan fingerprint density at radius 3 is 2.22 bits per heavy atom. The Morgan fingerprint density at radius 1 is 0.511 bits per heavy atom. The minimum atomic E-state index is -0.570. The molecule has 6 nitrogen and oxygen atoms in total. The highest BCUT2D eigenvalue weighted by molar-refractivity contribution is 6.17. The Hall–Kier alpha value is -6.27. The molecule has 6 aromatic carbocycles. The molecule has 4 heterocycles. The van der Waals surface area contributed by atoms with Gasteiger partial charge in [-0.2, -0.15) is 9.97 Å². The molecule has 10 aromatic rings. The maximum atomic E-state index is 9.57. The fourth-order valence-electron chi connectivity index (χ4n) is 5.92. The SMILES string of the molecule is [2H]c1c([2H])c([2H])c2c(oc3c([2H])c4c(c([2H])c32)c2c([2H])c([2H])c([2H])c([2H])c2n4-c2nc(-c3ccccc3)nc(-c3cccc4c3oc3ccccc34)n2)c1[2H]. The Balaban J connectivity index is 1.41. The van der Waals surface area contributed by atoms with E-state index in [1.165, 1.54) is 4.57 Å². The summed E-state index contributed by atoms with van der Waals surface area (Å²) < 4.78 is 102.